The van der Waals surface area contributed by atoms with Gasteiger partial charge in [-0.25, -0.2) is 13.2 Å². The summed E-state index contributed by atoms with van der Waals surface area (Å²) in [6.07, 6.45) is 0.602. The average molecular weight is 417 g/mol. The standard InChI is InChI=1S/C20H23N3O5S/c1-28-20(25)22-17-9-11-18(12-10-17)29(26,27)23-13-5-6-15(14-23)19(24)21-16-7-3-2-4-8-16/h2-4,7-12,15H,5-6,13-14H2,1H3,(H,21,24)(H,22,25)/t15-/m0/s1. The van der Waals surface area contributed by atoms with Crippen molar-refractivity contribution < 1.29 is 22.7 Å². The van der Waals surface area contributed by atoms with E-state index in [1.54, 1.807) is 12.1 Å². The highest BCUT2D eigenvalue weighted by atomic mass is 32.2. The summed E-state index contributed by atoms with van der Waals surface area (Å²) in [5.74, 6) is -0.604. The quantitative estimate of drug-likeness (QED) is 0.778. The number of nitrogens with one attached hydrogen (secondary N) is 2. The molecule has 0 unspecified atom stereocenters. The second-order valence-electron chi connectivity index (χ2n) is 6.70. The van der Waals surface area contributed by atoms with Crippen molar-refractivity contribution in [1.82, 2.24) is 4.31 Å². The molecule has 0 spiro atoms. The molecular formula is C20H23N3O5S. The van der Waals surface area contributed by atoms with Gasteiger partial charge in [-0.2, -0.15) is 4.31 Å². The number of nitrogens with zero attached hydrogens (tertiary/aromatic N) is 1. The van der Waals surface area contributed by atoms with Crippen molar-refractivity contribution in [1.29, 1.82) is 0 Å². The van der Waals surface area contributed by atoms with Crippen molar-refractivity contribution in [2.24, 2.45) is 5.92 Å². The van der Waals surface area contributed by atoms with Gasteiger partial charge in [-0.1, -0.05) is 18.2 Å². The molecule has 9 heteroatoms. The molecule has 8 nitrogen and oxygen atoms in total. The van der Waals surface area contributed by atoms with Crippen molar-refractivity contribution in [2.75, 3.05) is 30.8 Å². The summed E-state index contributed by atoms with van der Waals surface area (Å²) < 4.78 is 31.8. The van der Waals surface area contributed by atoms with Crippen molar-refractivity contribution in [3.05, 3.63) is 54.6 Å². The van der Waals surface area contributed by atoms with Gasteiger partial charge < -0.3 is 10.1 Å². The minimum absolute atomic E-state index is 0.108. The van der Waals surface area contributed by atoms with Crippen LogP contribution < -0.4 is 10.6 Å². The Morgan fingerprint density at radius 2 is 1.66 bits per heavy atom. The normalized spacial score (nSPS) is 17.3. The molecule has 0 aromatic heterocycles. The molecule has 1 atom stereocenters. The van der Waals surface area contributed by atoms with E-state index in [4.69, 9.17) is 0 Å². The summed E-state index contributed by atoms with van der Waals surface area (Å²) in [5.41, 5.74) is 1.11. The lowest BCUT2D eigenvalue weighted by Crippen LogP contribution is -2.43. The molecule has 0 saturated carbocycles. The van der Waals surface area contributed by atoms with Gasteiger partial charge in [-0.3, -0.25) is 10.1 Å². The summed E-state index contributed by atoms with van der Waals surface area (Å²) in [6, 6.07) is 14.9. The number of hydrogen-bond acceptors (Lipinski definition) is 5. The average Bonchev–Trinajstić information content (AvgIpc) is 2.75. The van der Waals surface area contributed by atoms with Crippen LogP contribution in [0.15, 0.2) is 59.5 Å². The topological polar surface area (TPSA) is 105 Å². The van der Waals surface area contributed by atoms with Crippen molar-refractivity contribution in [3.63, 3.8) is 0 Å². The van der Waals surface area contributed by atoms with Gasteiger partial charge in [0, 0.05) is 24.5 Å². The van der Waals surface area contributed by atoms with E-state index >= 15 is 0 Å². The number of benzene rings is 2. The first-order chi connectivity index (χ1) is 13.9. The zero-order valence-electron chi connectivity index (χ0n) is 16.0. The lowest BCUT2D eigenvalue weighted by molar-refractivity contribution is -0.120. The van der Waals surface area contributed by atoms with Crippen LogP contribution in [0.4, 0.5) is 16.2 Å². The molecule has 1 aliphatic rings. The Kier molecular flexibility index (Phi) is 6.50. The number of carbonyl (C=O) groups is 2. The first kappa shape index (κ1) is 20.8. The predicted octanol–water partition coefficient (Wildman–Crippen LogP) is 2.90. The molecule has 2 aromatic rings. The second-order valence-corrected chi connectivity index (χ2v) is 8.64. The zero-order chi connectivity index (χ0) is 20.9. The number of piperidine rings is 1. The highest BCUT2D eigenvalue weighted by Crippen LogP contribution is 2.25. The molecule has 3 rings (SSSR count). The first-order valence-corrected chi connectivity index (χ1v) is 10.7. The Bertz CT molecular complexity index is 961. The third-order valence-corrected chi connectivity index (χ3v) is 6.60. The van der Waals surface area contributed by atoms with E-state index in [9.17, 15) is 18.0 Å². The van der Waals surface area contributed by atoms with E-state index in [2.05, 4.69) is 15.4 Å². The van der Waals surface area contributed by atoms with Crippen molar-refractivity contribution in [3.8, 4) is 0 Å². The van der Waals surface area contributed by atoms with Gasteiger partial charge in [-0.05, 0) is 49.2 Å². The molecule has 1 fully saturated rings. The maximum absolute atomic E-state index is 13.0. The van der Waals surface area contributed by atoms with E-state index < -0.39 is 22.0 Å². The second kappa shape index (κ2) is 9.06. The maximum Gasteiger partial charge on any atom is 0.411 e. The van der Waals surface area contributed by atoms with Crippen molar-refractivity contribution >= 4 is 33.4 Å². The summed E-state index contributed by atoms with van der Waals surface area (Å²) in [7, 11) is -2.50. The molecule has 0 bridgehead atoms. The molecule has 1 heterocycles. The number of carbonyl (C=O) groups excluding carboxylic acids is 2. The monoisotopic (exact) mass is 417 g/mol. The number of para-hydroxylation sites is 1. The molecule has 1 aliphatic heterocycles. The molecule has 2 N–H and O–H groups in total. The Labute approximate surface area is 169 Å². The predicted molar refractivity (Wildman–Crippen MR) is 109 cm³/mol. The first-order valence-electron chi connectivity index (χ1n) is 9.21. The lowest BCUT2D eigenvalue weighted by atomic mass is 9.99. The van der Waals surface area contributed by atoms with Gasteiger partial charge in [0.25, 0.3) is 0 Å². The molecule has 1 saturated heterocycles. The van der Waals surface area contributed by atoms with E-state index in [1.807, 2.05) is 18.2 Å². The number of anilines is 2. The molecule has 2 aromatic carbocycles. The van der Waals surface area contributed by atoms with Crippen molar-refractivity contribution in [2.45, 2.75) is 17.7 Å². The van der Waals surface area contributed by atoms with Crippen LogP contribution in [-0.4, -0.2) is 44.9 Å². The summed E-state index contributed by atoms with van der Waals surface area (Å²) in [5, 5.41) is 5.31. The van der Waals surface area contributed by atoms with E-state index in [1.165, 1.54) is 35.7 Å². The van der Waals surface area contributed by atoms with E-state index in [0.29, 0.717) is 30.8 Å². The Morgan fingerprint density at radius 1 is 1.00 bits per heavy atom. The number of hydrogen-bond donors (Lipinski definition) is 2. The molecule has 0 aliphatic carbocycles. The summed E-state index contributed by atoms with van der Waals surface area (Å²) in [6.45, 7) is 0.489. The minimum atomic E-state index is -3.74. The van der Waals surface area contributed by atoms with Crippen LogP contribution in [0.5, 0.6) is 0 Å². The Hall–Kier alpha value is -2.91. The van der Waals surface area contributed by atoms with Gasteiger partial charge in [0.1, 0.15) is 0 Å². The number of ether oxygens (including phenoxy) is 1. The van der Waals surface area contributed by atoms with Gasteiger partial charge in [0.2, 0.25) is 15.9 Å². The lowest BCUT2D eigenvalue weighted by Gasteiger charge is -2.31. The van der Waals surface area contributed by atoms with Gasteiger partial charge in [-0.15, -0.1) is 0 Å². The number of sulfonamides is 1. The molecule has 29 heavy (non-hydrogen) atoms. The van der Waals surface area contributed by atoms with Crippen LogP contribution in [-0.2, 0) is 19.6 Å². The molecule has 154 valence electrons. The Morgan fingerprint density at radius 3 is 2.31 bits per heavy atom. The molecule has 2 amide bonds. The van der Waals surface area contributed by atoms with E-state index in [0.717, 1.165) is 0 Å². The third-order valence-electron chi connectivity index (χ3n) is 4.72. The smallest absolute Gasteiger partial charge is 0.411 e. The largest absolute Gasteiger partial charge is 0.453 e. The Balaban J connectivity index is 1.68. The summed E-state index contributed by atoms with van der Waals surface area (Å²) in [4.78, 5) is 23.9. The van der Waals surface area contributed by atoms with Crippen LogP contribution in [0.2, 0.25) is 0 Å². The molecular weight excluding hydrogens is 394 g/mol. The zero-order valence-corrected chi connectivity index (χ0v) is 16.8. The number of amides is 2. The van der Waals surface area contributed by atoms with Gasteiger partial charge in [0.15, 0.2) is 0 Å². The maximum atomic E-state index is 13.0. The van der Waals surface area contributed by atoms with Crippen LogP contribution in [0.25, 0.3) is 0 Å². The SMILES string of the molecule is COC(=O)Nc1ccc(S(=O)(=O)N2CCC[C@H](C(=O)Nc3ccccc3)C2)cc1. The third kappa shape index (κ3) is 5.12. The van der Waals surface area contributed by atoms with Gasteiger partial charge in [0.05, 0.1) is 17.9 Å². The highest BCUT2D eigenvalue weighted by molar-refractivity contribution is 7.89. The fourth-order valence-corrected chi connectivity index (χ4v) is 4.69. The number of methoxy groups -OCH3 is 1. The number of rotatable bonds is 5. The fraction of sp³-hybridized carbons (Fsp3) is 0.300. The van der Waals surface area contributed by atoms with Crippen LogP contribution in [0.3, 0.4) is 0 Å². The highest BCUT2D eigenvalue weighted by Gasteiger charge is 2.33. The molecule has 0 radical (unpaired) electrons. The fourth-order valence-electron chi connectivity index (χ4n) is 3.17. The van der Waals surface area contributed by atoms with Crippen LogP contribution in [0.1, 0.15) is 12.8 Å². The van der Waals surface area contributed by atoms with Crippen LogP contribution >= 0.6 is 0 Å². The summed E-state index contributed by atoms with van der Waals surface area (Å²) >= 11 is 0. The van der Waals surface area contributed by atoms with Crippen LogP contribution in [0, 0.1) is 5.92 Å². The van der Waals surface area contributed by atoms with E-state index in [-0.39, 0.29) is 17.3 Å². The minimum Gasteiger partial charge on any atom is -0.453 e. The van der Waals surface area contributed by atoms with Gasteiger partial charge >= 0.3 is 6.09 Å².